The van der Waals surface area contributed by atoms with Crippen molar-refractivity contribution < 1.29 is 14.7 Å². The van der Waals surface area contributed by atoms with Crippen LogP contribution in [0.3, 0.4) is 0 Å². The van der Waals surface area contributed by atoms with Crippen molar-refractivity contribution >= 4 is 11.9 Å². The molecule has 1 atom stereocenters. The van der Waals surface area contributed by atoms with Gasteiger partial charge in [0.2, 0.25) is 5.91 Å². The summed E-state index contributed by atoms with van der Waals surface area (Å²) in [5, 5.41) is 9.60. The third kappa shape index (κ3) is 3.43. The zero-order chi connectivity index (χ0) is 15.5. The molecule has 21 heavy (non-hydrogen) atoms. The van der Waals surface area contributed by atoms with Gasteiger partial charge in [0.05, 0.1) is 5.41 Å². The van der Waals surface area contributed by atoms with Gasteiger partial charge >= 0.3 is 5.97 Å². The number of carbonyl (C=O) groups is 2. The number of benzene rings is 1. The lowest BCUT2D eigenvalue weighted by atomic mass is 9.79. The summed E-state index contributed by atoms with van der Waals surface area (Å²) in [5.74, 6) is -0.364. The molecule has 4 heteroatoms. The van der Waals surface area contributed by atoms with Gasteiger partial charge in [0.15, 0.2) is 0 Å². The van der Waals surface area contributed by atoms with Gasteiger partial charge in [-0.3, -0.25) is 9.59 Å². The van der Waals surface area contributed by atoms with Crippen LogP contribution in [0.1, 0.15) is 38.7 Å². The van der Waals surface area contributed by atoms with Crippen LogP contribution in [-0.2, 0) is 15.0 Å². The number of nitrogens with zero attached hydrogens (tertiary/aromatic N) is 1. The predicted molar refractivity (Wildman–Crippen MR) is 81.0 cm³/mol. The number of piperidine rings is 1. The maximum Gasteiger partial charge on any atom is 0.314 e. The summed E-state index contributed by atoms with van der Waals surface area (Å²) >= 11 is 0. The molecule has 2 rings (SSSR count). The normalized spacial score (nSPS) is 19.0. The van der Waals surface area contributed by atoms with Crippen LogP contribution in [0.2, 0.25) is 0 Å². The molecule has 0 radical (unpaired) electrons. The average Bonchev–Trinajstić information content (AvgIpc) is 2.48. The third-order valence-electron chi connectivity index (χ3n) is 4.52. The van der Waals surface area contributed by atoms with Gasteiger partial charge in [0.25, 0.3) is 0 Å². The fourth-order valence-electron chi connectivity index (χ4n) is 2.78. The van der Waals surface area contributed by atoms with Crippen LogP contribution in [0.15, 0.2) is 30.3 Å². The summed E-state index contributed by atoms with van der Waals surface area (Å²) in [4.78, 5) is 26.0. The lowest BCUT2D eigenvalue weighted by molar-refractivity contribution is -0.148. The maximum absolute atomic E-state index is 12.5. The third-order valence-corrected chi connectivity index (χ3v) is 4.52. The molecule has 1 N–H and O–H groups in total. The highest BCUT2D eigenvalue weighted by atomic mass is 16.4. The van der Waals surface area contributed by atoms with E-state index in [1.807, 2.05) is 23.1 Å². The molecule has 1 aliphatic rings. The number of carboxylic acid groups (broad SMARTS) is 1. The van der Waals surface area contributed by atoms with E-state index in [1.54, 1.807) is 19.1 Å². The molecular weight excluding hydrogens is 266 g/mol. The van der Waals surface area contributed by atoms with Crippen molar-refractivity contribution in [2.24, 2.45) is 5.92 Å². The first-order valence-corrected chi connectivity index (χ1v) is 7.50. The van der Waals surface area contributed by atoms with E-state index in [0.29, 0.717) is 11.5 Å². The molecule has 1 fully saturated rings. The lowest BCUT2D eigenvalue weighted by Gasteiger charge is -2.33. The molecule has 0 saturated carbocycles. The minimum atomic E-state index is -1.17. The number of hydrogen-bond acceptors (Lipinski definition) is 2. The molecule has 1 aromatic rings. The van der Waals surface area contributed by atoms with Gasteiger partial charge in [0.1, 0.15) is 0 Å². The highest BCUT2D eigenvalue weighted by Gasteiger charge is 2.39. The van der Waals surface area contributed by atoms with Crippen molar-refractivity contribution in [3.8, 4) is 0 Å². The van der Waals surface area contributed by atoms with Gasteiger partial charge in [0, 0.05) is 19.5 Å². The average molecular weight is 289 g/mol. The van der Waals surface area contributed by atoms with Crippen molar-refractivity contribution in [3.63, 3.8) is 0 Å². The monoisotopic (exact) mass is 289 g/mol. The van der Waals surface area contributed by atoms with Gasteiger partial charge in [-0.15, -0.1) is 0 Å². The Kier molecular flexibility index (Phi) is 4.66. The second-order valence-electron chi connectivity index (χ2n) is 6.24. The van der Waals surface area contributed by atoms with Crippen molar-refractivity contribution in [2.75, 3.05) is 13.1 Å². The number of hydrogen-bond donors (Lipinski definition) is 1. The number of rotatable bonds is 4. The molecule has 1 saturated heterocycles. The van der Waals surface area contributed by atoms with E-state index in [0.717, 1.165) is 25.9 Å². The number of aliphatic carboxylic acids is 1. The van der Waals surface area contributed by atoms with E-state index >= 15 is 0 Å². The summed E-state index contributed by atoms with van der Waals surface area (Å²) < 4.78 is 0. The second-order valence-corrected chi connectivity index (χ2v) is 6.24. The Bertz CT molecular complexity index is 506. The van der Waals surface area contributed by atoms with Crippen LogP contribution in [0.5, 0.6) is 0 Å². The Morgan fingerprint density at radius 1 is 1.24 bits per heavy atom. The largest absolute Gasteiger partial charge is 0.481 e. The molecule has 1 heterocycles. The standard InChI is InChI=1S/C17H23NO3/c1-13-8-10-18(11-9-13)15(19)12-17(2,16(20)21)14-6-4-3-5-7-14/h3-7,13H,8-12H2,1-2H3,(H,20,21). The number of carboxylic acids is 1. The fraction of sp³-hybridized carbons (Fsp3) is 0.529. The van der Waals surface area contributed by atoms with Crippen molar-refractivity contribution in [1.29, 1.82) is 0 Å². The smallest absolute Gasteiger partial charge is 0.314 e. The van der Waals surface area contributed by atoms with E-state index in [9.17, 15) is 14.7 Å². The van der Waals surface area contributed by atoms with E-state index in [-0.39, 0.29) is 12.3 Å². The zero-order valence-corrected chi connectivity index (χ0v) is 12.7. The molecule has 0 aliphatic carbocycles. The topological polar surface area (TPSA) is 57.6 Å². The summed E-state index contributed by atoms with van der Waals surface area (Å²) in [7, 11) is 0. The number of carbonyl (C=O) groups excluding carboxylic acids is 1. The molecule has 0 bridgehead atoms. The Labute approximate surface area is 125 Å². The van der Waals surface area contributed by atoms with Gasteiger partial charge in [-0.25, -0.2) is 0 Å². The van der Waals surface area contributed by atoms with Crippen LogP contribution in [0.4, 0.5) is 0 Å². The summed E-state index contributed by atoms with van der Waals surface area (Å²) in [6.45, 7) is 5.30. The van der Waals surface area contributed by atoms with Crippen LogP contribution in [0.25, 0.3) is 0 Å². The molecule has 1 aromatic carbocycles. The predicted octanol–water partition coefficient (Wildman–Crippen LogP) is 2.68. The maximum atomic E-state index is 12.5. The minimum Gasteiger partial charge on any atom is -0.481 e. The lowest BCUT2D eigenvalue weighted by Crippen LogP contribution is -2.43. The highest BCUT2D eigenvalue weighted by molar-refractivity contribution is 5.89. The first kappa shape index (κ1) is 15.5. The van der Waals surface area contributed by atoms with Gasteiger partial charge in [-0.2, -0.15) is 0 Å². The quantitative estimate of drug-likeness (QED) is 0.927. The molecule has 4 nitrogen and oxygen atoms in total. The molecule has 1 unspecified atom stereocenters. The molecule has 1 aliphatic heterocycles. The summed E-state index contributed by atoms with van der Waals surface area (Å²) in [5.41, 5.74) is -0.488. The van der Waals surface area contributed by atoms with E-state index < -0.39 is 11.4 Å². The molecular formula is C17H23NO3. The van der Waals surface area contributed by atoms with E-state index in [1.165, 1.54) is 0 Å². The first-order valence-electron chi connectivity index (χ1n) is 7.50. The Morgan fingerprint density at radius 2 is 1.81 bits per heavy atom. The Morgan fingerprint density at radius 3 is 2.33 bits per heavy atom. The molecule has 1 amide bonds. The number of amides is 1. The summed E-state index contributed by atoms with van der Waals surface area (Å²) in [6, 6.07) is 9.02. The van der Waals surface area contributed by atoms with Gasteiger partial charge in [-0.1, -0.05) is 37.3 Å². The van der Waals surface area contributed by atoms with Crippen molar-refractivity contribution in [1.82, 2.24) is 4.90 Å². The van der Waals surface area contributed by atoms with Crippen LogP contribution in [-0.4, -0.2) is 35.0 Å². The van der Waals surface area contributed by atoms with Crippen LogP contribution >= 0.6 is 0 Å². The SMILES string of the molecule is CC1CCN(C(=O)CC(C)(C(=O)O)c2ccccc2)CC1. The highest BCUT2D eigenvalue weighted by Crippen LogP contribution is 2.29. The van der Waals surface area contributed by atoms with Crippen molar-refractivity contribution in [2.45, 2.75) is 38.5 Å². The first-order chi connectivity index (χ1) is 9.93. The molecule has 114 valence electrons. The van der Waals surface area contributed by atoms with Crippen LogP contribution in [0, 0.1) is 5.92 Å². The second kappa shape index (κ2) is 6.29. The van der Waals surface area contributed by atoms with Gasteiger partial charge in [-0.05, 0) is 31.2 Å². The number of likely N-dealkylation sites (tertiary alicyclic amines) is 1. The van der Waals surface area contributed by atoms with Crippen molar-refractivity contribution in [3.05, 3.63) is 35.9 Å². The Balaban J connectivity index is 2.13. The molecule has 0 aromatic heterocycles. The van der Waals surface area contributed by atoms with E-state index in [4.69, 9.17) is 0 Å². The molecule has 0 spiro atoms. The summed E-state index contributed by atoms with van der Waals surface area (Å²) in [6.07, 6.45) is 2.02. The Hall–Kier alpha value is -1.84. The fourth-order valence-corrected chi connectivity index (χ4v) is 2.78. The van der Waals surface area contributed by atoms with Gasteiger partial charge < -0.3 is 10.0 Å². The zero-order valence-electron chi connectivity index (χ0n) is 12.7. The van der Waals surface area contributed by atoms with Crippen LogP contribution < -0.4 is 0 Å². The minimum absolute atomic E-state index is 0.0146. The van der Waals surface area contributed by atoms with E-state index in [2.05, 4.69) is 6.92 Å².